The highest BCUT2D eigenvalue weighted by molar-refractivity contribution is 8.93. The number of hydrogen-bond acceptors (Lipinski definition) is 2. The minimum atomic E-state index is -4.15. The van der Waals surface area contributed by atoms with Crippen LogP contribution in [0.4, 0.5) is 4.70 Å². The summed E-state index contributed by atoms with van der Waals surface area (Å²) in [5.74, 6) is 0. The number of hydrogen-bond donors (Lipinski definition) is 2. The molecule has 0 radical (unpaired) electrons. The van der Waals surface area contributed by atoms with Crippen molar-refractivity contribution in [3.8, 4) is 0 Å². The fourth-order valence-corrected chi connectivity index (χ4v) is 0. The average Bonchev–Trinajstić information content (AvgIpc) is 1.35. The summed E-state index contributed by atoms with van der Waals surface area (Å²) in [6.45, 7) is 0. The Bertz CT molecular complexity index is 80.1. The monoisotopic (exact) mass is 212 g/mol. The molecule has 0 bridgehead atoms. The van der Waals surface area contributed by atoms with Crippen molar-refractivity contribution < 1.29 is 23.6 Å². The number of phosphoric ester groups is 1. The molecule has 8 heavy (non-hydrogen) atoms. The van der Waals surface area contributed by atoms with Gasteiger partial charge in [0.25, 0.3) is 0 Å². The third-order valence-electron chi connectivity index (χ3n) is 0.238. The Morgan fingerprint density at radius 2 is 1.62 bits per heavy atom. The van der Waals surface area contributed by atoms with Gasteiger partial charge in [0.15, 0.2) is 0 Å². The third-order valence-corrected chi connectivity index (χ3v) is 0.714. The summed E-state index contributed by atoms with van der Waals surface area (Å²) in [6.07, 6.45) is 0. The molecule has 0 aliphatic carbocycles. The largest absolute Gasteiger partial charge is 0.469 e. The fourth-order valence-electron chi connectivity index (χ4n) is 0. The maximum Gasteiger partial charge on any atom is 0.469 e. The number of halogens is 2. The van der Waals surface area contributed by atoms with Crippen molar-refractivity contribution >= 4 is 24.8 Å². The molecule has 0 aliphatic rings. The maximum absolute atomic E-state index is 9.47. The van der Waals surface area contributed by atoms with E-state index < -0.39 is 7.82 Å². The standard InChI is InChI=1S/CH5O4P.BrH.FH/c1-5-6(2,3)4;;/h1H3,(H2,2,3,4);2*1H. The Kier molecular flexibility index (Phi) is 11.2. The molecule has 54 valence electrons. The van der Waals surface area contributed by atoms with E-state index in [0.717, 1.165) is 7.11 Å². The van der Waals surface area contributed by atoms with Crippen LogP contribution in [0.2, 0.25) is 0 Å². The van der Waals surface area contributed by atoms with Crippen LogP contribution in [0.5, 0.6) is 0 Å². The first-order valence-corrected chi connectivity index (χ1v) is 2.70. The van der Waals surface area contributed by atoms with Gasteiger partial charge in [0, 0.05) is 7.11 Å². The van der Waals surface area contributed by atoms with Gasteiger partial charge in [-0.2, -0.15) is 0 Å². The first-order chi connectivity index (χ1) is 2.56. The Morgan fingerprint density at radius 3 is 1.62 bits per heavy atom. The van der Waals surface area contributed by atoms with Gasteiger partial charge in [-0.25, -0.2) is 4.57 Å². The SMILES string of the molecule is Br.COP(=O)(O)O.F. The summed E-state index contributed by atoms with van der Waals surface area (Å²) in [5.41, 5.74) is 0. The fraction of sp³-hybridized carbons (Fsp3) is 1.00. The van der Waals surface area contributed by atoms with E-state index in [-0.39, 0.29) is 21.7 Å². The van der Waals surface area contributed by atoms with Gasteiger partial charge < -0.3 is 9.79 Å². The molecule has 0 fully saturated rings. The maximum atomic E-state index is 9.47. The zero-order chi connectivity index (χ0) is 5.21. The van der Waals surface area contributed by atoms with Crippen molar-refractivity contribution in [2.45, 2.75) is 0 Å². The molecule has 0 amide bonds. The molecule has 0 rings (SSSR count). The Balaban J connectivity index is -0.000000125. The van der Waals surface area contributed by atoms with E-state index in [1.165, 1.54) is 0 Å². The first kappa shape index (κ1) is 15.8. The molecule has 0 atom stereocenters. The first-order valence-electron chi connectivity index (χ1n) is 1.17. The predicted octanol–water partition coefficient (Wildman–Crippen LogP) is 0.456. The van der Waals surface area contributed by atoms with Crippen LogP contribution >= 0.6 is 24.8 Å². The summed E-state index contributed by atoms with van der Waals surface area (Å²) >= 11 is 0. The van der Waals surface area contributed by atoms with Crippen LogP contribution in [0.25, 0.3) is 0 Å². The molecule has 0 aromatic heterocycles. The summed E-state index contributed by atoms with van der Waals surface area (Å²) in [5, 5.41) is 0. The van der Waals surface area contributed by atoms with Crippen LogP contribution in [-0.4, -0.2) is 16.9 Å². The Hall–Kier alpha value is 0.520. The lowest BCUT2D eigenvalue weighted by Gasteiger charge is -1.93. The highest BCUT2D eigenvalue weighted by atomic mass is 79.9. The van der Waals surface area contributed by atoms with E-state index in [9.17, 15) is 4.57 Å². The van der Waals surface area contributed by atoms with Crippen molar-refractivity contribution in [2.24, 2.45) is 0 Å². The van der Waals surface area contributed by atoms with E-state index in [0.29, 0.717) is 0 Å². The second-order valence-corrected chi connectivity index (χ2v) is 2.02. The molecule has 0 saturated heterocycles. The lowest BCUT2D eigenvalue weighted by atomic mass is 11.8. The number of phosphoric acid groups is 1. The topological polar surface area (TPSA) is 66.8 Å². The van der Waals surface area contributed by atoms with Gasteiger partial charge in [-0.05, 0) is 0 Å². The van der Waals surface area contributed by atoms with Crippen LogP contribution in [-0.2, 0) is 9.09 Å². The van der Waals surface area contributed by atoms with Gasteiger partial charge in [-0.15, -0.1) is 17.0 Å². The van der Waals surface area contributed by atoms with Gasteiger partial charge in [-0.3, -0.25) is 9.23 Å². The average molecular weight is 213 g/mol. The second kappa shape index (κ2) is 5.65. The summed E-state index contributed by atoms with van der Waals surface area (Å²) in [6, 6.07) is 0. The van der Waals surface area contributed by atoms with Crippen LogP contribution in [0, 0.1) is 0 Å². The molecular weight excluding hydrogens is 206 g/mol. The molecule has 0 saturated carbocycles. The van der Waals surface area contributed by atoms with Crippen LogP contribution in [0.1, 0.15) is 0 Å². The molecule has 0 heterocycles. The van der Waals surface area contributed by atoms with Crippen molar-refractivity contribution in [3.63, 3.8) is 0 Å². The van der Waals surface area contributed by atoms with Crippen molar-refractivity contribution in [1.82, 2.24) is 0 Å². The normalized spacial score (nSPS) is 8.88. The van der Waals surface area contributed by atoms with Gasteiger partial charge in [0.1, 0.15) is 0 Å². The Labute approximate surface area is 56.2 Å². The van der Waals surface area contributed by atoms with Crippen molar-refractivity contribution in [1.29, 1.82) is 0 Å². The van der Waals surface area contributed by atoms with E-state index in [4.69, 9.17) is 9.79 Å². The molecule has 0 aromatic carbocycles. The molecule has 0 aromatic rings. The summed E-state index contributed by atoms with van der Waals surface area (Å²) < 4.78 is 13.1. The molecular formula is CH7BrFO4P. The van der Waals surface area contributed by atoms with E-state index in [1.54, 1.807) is 0 Å². The van der Waals surface area contributed by atoms with Crippen molar-refractivity contribution in [2.75, 3.05) is 7.11 Å². The summed E-state index contributed by atoms with van der Waals surface area (Å²) in [7, 11) is -3.20. The highest BCUT2D eigenvalue weighted by Crippen LogP contribution is 2.33. The Morgan fingerprint density at radius 1 is 1.50 bits per heavy atom. The molecule has 7 heteroatoms. The molecule has 4 nitrogen and oxygen atoms in total. The van der Waals surface area contributed by atoms with Crippen LogP contribution < -0.4 is 0 Å². The lowest BCUT2D eigenvalue weighted by Crippen LogP contribution is -1.76. The third kappa shape index (κ3) is 16.0. The highest BCUT2D eigenvalue weighted by Gasteiger charge is 2.07. The van der Waals surface area contributed by atoms with E-state index in [1.807, 2.05) is 0 Å². The molecule has 2 N–H and O–H groups in total. The zero-order valence-corrected chi connectivity index (χ0v) is 6.58. The minimum Gasteiger partial charge on any atom is -0.303 e. The zero-order valence-electron chi connectivity index (χ0n) is 3.97. The van der Waals surface area contributed by atoms with Gasteiger partial charge >= 0.3 is 7.82 Å². The second-order valence-electron chi connectivity index (χ2n) is 0.673. The smallest absolute Gasteiger partial charge is 0.303 e. The van der Waals surface area contributed by atoms with E-state index >= 15 is 0 Å². The molecule has 0 aliphatic heterocycles. The number of rotatable bonds is 1. The van der Waals surface area contributed by atoms with E-state index in [2.05, 4.69) is 4.52 Å². The van der Waals surface area contributed by atoms with Gasteiger partial charge in [0.2, 0.25) is 0 Å². The van der Waals surface area contributed by atoms with Gasteiger partial charge in [0.05, 0.1) is 0 Å². The minimum absolute atomic E-state index is 0. The van der Waals surface area contributed by atoms with Crippen molar-refractivity contribution in [3.05, 3.63) is 0 Å². The summed E-state index contributed by atoms with van der Waals surface area (Å²) in [4.78, 5) is 15.4. The van der Waals surface area contributed by atoms with Gasteiger partial charge in [-0.1, -0.05) is 0 Å². The quantitative estimate of drug-likeness (QED) is 0.620. The molecule has 0 spiro atoms. The van der Waals surface area contributed by atoms with Crippen LogP contribution in [0.3, 0.4) is 0 Å². The predicted molar refractivity (Wildman–Crippen MR) is 31.9 cm³/mol. The van der Waals surface area contributed by atoms with Crippen LogP contribution in [0.15, 0.2) is 0 Å². The lowest BCUT2D eigenvalue weighted by molar-refractivity contribution is 0.235. The molecule has 0 unspecified atom stereocenters.